The second-order valence-corrected chi connectivity index (χ2v) is 7.70. The fourth-order valence-corrected chi connectivity index (χ4v) is 2.46. The van der Waals surface area contributed by atoms with Gasteiger partial charge in [0.25, 0.3) is 5.91 Å². The molecule has 5 N–H and O–H groups in total. The van der Waals surface area contributed by atoms with Crippen molar-refractivity contribution >= 4 is 17.6 Å². The maximum absolute atomic E-state index is 12.7. The number of ether oxygens (including phenoxy) is 1. The van der Waals surface area contributed by atoms with Crippen molar-refractivity contribution in [2.75, 3.05) is 18.9 Å². The number of carbonyl (C=O) groups excluding carboxylic acids is 2. The predicted molar refractivity (Wildman–Crippen MR) is 115 cm³/mol. The molecule has 0 aliphatic rings. The van der Waals surface area contributed by atoms with Gasteiger partial charge in [-0.2, -0.15) is 10.2 Å². The minimum atomic E-state index is -1.17. The highest BCUT2D eigenvalue weighted by molar-refractivity contribution is 6.00. The number of benzene rings is 1. The van der Waals surface area contributed by atoms with Gasteiger partial charge in [0.1, 0.15) is 24.1 Å². The molecule has 1 aromatic carbocycles. The van der Waals surface area contributed by atoms with E-state index in [0.717, 1.165) is 0 Å². The molecule has 1 aromatic heterocycles. The lowest BCUT2D eigenvalue weighted by atomic mass is 10.1. The summed E-state index contributed by atoms with van der Waals surface area (Å²) in [7, 11) is 0. The Morgan fingerprint density at radius 3 is 2.69 bits per heavy atom. The van der Waals surface area contributed by atoms with Crippen molar-refractivity contribution in [3.63, 3.8) is 0 Å². The van der Waals surface area contributed by atoms with E-state index in [9.17, 15) is 14.7 Å². The normalized spacial score (nSPS) is 11.9. The Morgan fingerprint density at radius 1 is 1.34 bits per heavy atom. The Morgan fingerprint density at radius 2 is 2.06 bits per heavy atom. The molecule has 1 heterocycles. The third-order valence-corrected chi connectivity index (χ3v) is 3.92. The Labute approximate surface area is 185 Å². The van der Waals surface area contributed by atoms with Crippen LogP contribution in [0, 0.1) is 11.3 Å². The van der Waals surface area contributed by atoms with Crippen molar-refractivity contribution in [3.05, 3.63) is 35.4 Å². The highest BCUT2D eigenvalue weighted by Crippen LogP contribution is 2.27. The number of nitrogens with one attached hydrogen (secondary N) is 2. The lowest BCUT2D eigenvalue weighted by Crippen LogP contribution is -2.35. The molecule has 0 bridgehead atoms. The summed E-state index contributed by atoms with van der Waals surface area (Å²) in [5, 5.41) is 21.5. The number of aromatic nitrogens is 2. The molecule has 11 heteroatoms. The number of carbonyl (C=O) groups is 2. The van der Waals surface area contributed by atoms with E-state index in [1.807, 2.05) is 6.07 Å². The third-order valence-electron chi connectivity index (χ3n) is 3.92. The largest absolute Gasteiger partial charge is 0.472 e. The first-order valence-corrected chi connectivity index (χ1v) is 9.74. The van der Waals surface area contributed by atoms with E-state index < -0.39 is 17.6 Å². The van der Waals surface area contributed by atoms with Crippen LogP contribution in [0.5, 0.6) is 5.88 Å². The molecular weight excluding hydrogens is 416 g/mol. The molecule has 1 atom stereocenters. The number of anilines is 1. The zero-order chi connectivity index (χ0) is 23.9. The highest BCUT2D eigenvalue weighted by Gasteiger charge is 2.24. The number of amides is 2. The predicted octanol–water partition coefficient (Wildman–Crippen LogP) is 0.933. The van der Waals surface area contributed by atoms with E-state index in [2.05, 4.69) is 20.8 Å². The number of rotatable bonds is 9. The summed E-state index contributed by atoms with van der Waals surface area (Å²) in [6.45, 7) is 6.06. The van der Waals surface area contributed by atoms with Crippen LogP contribution < -0.4 is 21.3 Å². The molecule has 0 unspecified atom stereocenters. The van der Waals surface area contributed by atoms with Crippen molar-refractivity contribution in [1.82, 2.24) is 20.8 Å². The lowest BCUT2D eigenvalue weighted by Gasteiger charge is -2.19. The number of hydrogen-bond donors (Lipinski definition) is 4. The van der Waals surface area contributed by atoms with Crippen LogP contribution in [0.1, 0.15) is 43.6 Å². The van der Waals surface area contributed by atoms with Crippen LogP contribution >= 0.6 is 0 Å². The van der Waals surface area contributed by atoms with Gasteiger partial charge in [-0.3, -0.25) is 14.4 Å². The number of aliphatic hydroxyl groups is 1. The molecule has 2 aromatic rings. The maximum atomic E-state index is 12.7. The number of nitrogens with zero attached hydrogens (tertiary/aromatic N) is 3. The first-order valence-electron chi connectivity index (χ1n) is 9.74. The van der Waals surface area contributed by atoms with Gasteiger partial charge < -0.3 is 20.9 Å². The molecule has 0 aliphatic carbocycles. The fourth-order valence-electron chi connectivity index (χ4n) is 2.46. The second-order valence-electron chi connectivity index (χ2n) is 7.70. The average Bonchev–Trinajstić information content (AvgIpc) is 2.71. The van der Waals surface area contributed by atoms with Crippen LogP contribution in [0.4, 0.5) is 5.82 Å². The zero-order valence-electron chi connectivity index (χ0n) is 18.3. The van der Waals surface area contributed by atoms with Crippen LogP contribution in [0.2, 0.25) is 0 Å². The Bertz CT molecular complexity index is 1030. The Balaban J connectivity index is 2.40. The first kappa shape index (κ1) is 24.5. The van der Waals surface area contributed by atoms with Gasteiger partial charge in [-0.15, -0.1) is 0 Å². The standard InChI is InChI=1S/C21H26N6O5/c1-12(10-24-13(2)28)32-20-16(19(29)27-31-11-21(3,4)30)17(23)25-18(26-20)15-7-5-6-14(8-15)9-22/h5-8,12,30H,10-11H2,1-4H3,(H,24,28)(H,27,29)(H2,23,25,26)/t12-/m0/s1. The number of nitriles is 1. The molecule has 0 spiro atoms. The molecule has 0 radical (unpaired) electrons. The van der Waals surface area contributed by atoms with Crippen LogP contribution in [-0.2, 0) is 9.63 Å². The van der Waals surface area contributed by atoms with Crippen LogP contribution in [0.15, 0.2) is 24.3 Å². The van der Waals surface area contributed by atoms with E-state index in [-0.39, 0.29) is 42.1 Å². The molecule has 2 amide bonds. The van der Waals surface area contributed by atoms with Crippen molar-refractivity contribution < 1.29 is 24.3 Å². The van der Waals surface area contributed by atoms with Crippen molar-refractivity contribution in [3.8, 4) is 23.3 Å². The quantitative estimate of drug-likeness (QED) is 0.412. The van der Waals surface area contributed by atoms with Gasteiger partial charge in [-0.1, -0.05) is 12.1 Å². The summed E-state index contributed by atoms with van der Waals surface area (Å²) in [6, 6.07) is 8.58. The van der Waals surface area contributed by atoms with Gasteiger partial charge in [0.15, 0.2) is 5.82 Å². The molecule has 0 aliphatic heterocycles. The van der Waals surface area contributed by atoms with Crippen LogP contribution in [0.25, 0.3) is 11.4 Å². The van der Waals surface area contributed by atoms with E-state index in [0.29, 0.717) is 11.1 Å². The number of hydrogen-bond acceptors (Lipinski definition) is 9. The van der Waals surface area contributed by atoms with E-state index >= 15 is 0 Å². The summed E-state index contributed by atoms with van der Waals surface area (Å²) < 4.78 is 5.79. The van der Waals surface area contributed by atoms with Gasteiger partial charge in [0, 0.05) is 12.5 Å². The van der Waals surface area contributed by atoms with Crippen LogP contribution in [0.3, 0.4) is 0 Å². The molecular formula is C21H26N6O5. The van der Waals surface area contributed by atoms with Gasteiger partial charge in [0.05, 0.1) is 23.8 Å². The summed E-state index contributed by atoms with van der Waals surface area (Å²) in [5.74, 6) is -1.17. The third kappa shape index (κ3) is 7.19. The smallest absolute Gasteiger partial charge is 0.284 e. The van der Waals surface area contributed by atoms with Gasteiger partial charge in [0.2, 0.25) is 11.8 Å². The van der Waals surface area contributed by atoms with Crippen molar-refractivity contribution in [2.45, 2.75) is 39.4 Å². The first-order chi connectivity index (χ1) is 15.0. The van der Waals surface area contributed by atoms with Crippen molar-refractivity contribution in [1.29, 1.82) is 5.26 Å². The topological polar surface area (TPSA) is 172 Å². The highest BCUT2D eigenvalue weighted by atomic mass is 16.7. The molecule has 2 rings (SSSR count). The SMILES string of the molecule is CC(=O)NC[C@H](C)Oc1nc(-c2cccc(C#N)c2)nc(N)c1C(=O)NOCC(C)(C)O. The van der Waals surface area contributed by atoms with E-state index in [1.165, 1.54) is 20.8 Å². The molecule has 11 nitrogen and oxygen atoms in total. The van der Waals surface area contributed by atoms with Crippen LogP contribution in [-0.4, -0.2) is 51.7 Å². The molecule has 0 saturated heterocycles. The van der Waals surface area contributed by atoms with Crippen molar-refractivity contribution in [2.24, 2.45) is 0 Å². The van der Waals surface area contributed by atoms with Gasteiger partial charge in [-0.25, -0.2) is 10.5 Å². The zero-order valence-corrected chi connectivity index (χ0v) is 18.3. The monoisotopic (exact) mass is 442 g/mol. The molecule has 0 saturated carbocycles. The summed E-state index contributed by atoms with van der Waals surface area (Å²) in [4.78, 5) is 37.4. The second kappa shape index (κ2) is 10.5. The summed E-state index contributed by atoms with van der Waals surface area (Å²) >= 11 is 0. The lowest BCUT2D eigenvalue weighted by molar-refractivity contribution is -0.119. The number of nitrogens with two attached hydrogens (primary N) is 1. The Kier molecular flexibility index (Phi) is 8.06. The molecule has 32 heavy (non-hydrogen) atoms. The molecule has 170 valence electrons. The summed E-state index contributed by atoms with van der Waals surface area (Å²) in [6.07, 6.45) is -0.560. The van der Waals surface area contributed by atoms with Gasteiger partial charge >= 0.3 is 0 Å². The van der Waals surface area contributed by atoms with E-state index in [1.54, 1.807) is 31.2 Å². The minimum Gasteiger partial charge on any atom is -0.472 e. The maximum Gasteiger partial charge on any atom is 0.284 e. The molecule has 0 fully saturated rings. The van der Waals surface area contributed by atoms with E-state index in [4.69, 9.17) is 20.6 Å². The van der Waals surface area contributed by atoms with Gasteiger partial charge in [-0.05, 0) is 32.9 Å². The minimum absolute atomic E-state index is 0.128. The Hall–Kier alpha value is -3.75. The number of hydroxylamine groups is 1. The fraction of sp³-hybridized carbons (Fsp3) is 0.381. The number of nitrogen functional groups attached to an aromatic ring is 1. The average molecular weight is 442 g/mol. The summed E-state index contributed by atoms with van der Waals surface area (Å²) in [5.41, 5.74) is 7.80.